The van der Waals surface area contributed by atoms with Crippen LogP contribution in [0, 0.1) is 5.82 Å². The molecule has 1 heterocycles. The molecule has 0 atom stereocenters. The van der Waals surface area contributed by atoms with Gasteiger partial charge in [-0.05, 0) is 30.5 Å². The summed E-state index contributed by atoms with van der Waals surface area (Å²) in [4.78, 5) is 38.1. The van der Waals surface area contributed by atoms with Crippen LogP contribution in [0.3, 0.4) is 0 Å². The van der Waals surface area contributed by atoms with Crippen LogP contribution in [0.2, 0.25) is 5.02 Å². The molecule has 0 saturated carbocycles. The van der Waals surface area contributed by atoms with E-state index in [1.807, 2.05) is 6.07 Å². The number of halogens is 2. The van der Waals surface area contributed by atoms with Gasteiger partial charge in [0.15, 0.2) is 5.78 Å². The molecule has 0 saturated heterocycles. The first-order valence-electron chi connectivity index (χ1n) is 10.4. The van der Waals surface area contributed by atoms with E-state index in [0.29, 0.717) is 0 Å². The van der Waals surface area contributed by atoms with Crippen molar-refractivity contribution in [2.75, 3.05) is 13.7 Å². The molecule has 0 aliphatic carbocycles. The van der Waals surface area contributed by atoms with Gasteiger partial charge in [0.1, 0.15) is 35.0 Å². The highest BCUT2D eigenvalue weighted by molar-refractivity contribution is 6.32. The van der Waals surface area contributed by atoms with Crippen LogP contribution >= 0.6 is 11.6 Å². The number of benzene rings is 2. The molecular weight excluding hydrogens is 467 g/mol. The Balaban J connectivity index is 1.86. The lowest BCUT2D eigenvalue weighted by Gasteiger charge is -2.11. The van der Waals surface area contributed by atoms with Crippen LogP contribution in [-0.2, 0) is 17.8 Å². The van der Waals surface area contributed by atoms with Crippen molar-refractivity contribution in [3.63, 3.8) is 0 Å². The quantitative estimate of drug-likeness (QED) is 0.292. The Bertz CT molecular complexity index is 1240. The number of Topliss-reactive ketones (excluding diaryl/α,β-unsaturated/α-hetero) is 1. The van der Waals surface area contributed by atoms with Gasteiger partial charge in [0.2, 0.25) is 11.2 Å². The number of ketones is 1. The summed E-state index contributed by atoms with van der Waals surface area (Å²) in [7, 11) is 1.36. The van der Waals surface area contributed by atoms with Crippen LogP contribution in [0.1, 0.15) is 45.4 Å². The van der Waals surface area contributed by atoms with Gasteiger partial charge < -0.3 is 18.6 Å². The second-order valence-electron chi connectivity index (χ2n) is 7.11. The summed E-state index contributed by atoms with van der Waals surface area (Å²) in [6.07, 6.45) is 0.665. The van der Waals surface area contributed by atoms with E-state index in [2.05, 4.69) is 0 Å². The summed E-state index contributed by atoms with van der Waals surface area (Å²) in [6.45, 7) is 1.62. The third kappa shape index (κ3) is 5.63. The molecule has 3 aromatic rings. The Kier molecular flexibility index (Phi) is 8.43. The van der Waals surface area contributed by atoms with Crippen molar-refractivity contribution < 1.29 is 32.6 Å². The Labute approximate surface area is 200 Å². The summed E-state index contributed by atoms with van der Waals surface area (Å²) in [5.41, 5.74) is -0.216. The molecule has 3 rings (SSSR count). The van der Waals surface area contributed by atoms with Gasteiger partial charge in [-0.15, -0.1) is 0 Å². The van der Waals surface area contributed by atoms with Gasteiger partial charge in [-0.3, -0.25) is 9.59 Å². The van der Waals surface area contributed by atoms with E-state index < -0.39 is 34.5 Å². The topological polar surface area (TPSA) is 92.0 Å². The van der Waals surface area contributed by atoms with Gasteiger partial charge in [-0.1, -0.05) is 48.0 Å². The highest BCUT2D eigenvalue weighted by Gasteiger charge is 2.25. The average molecular weight is 489 g/mol. The Morgan fingerprint density at radius 2 is 1.85 bits per heavy atom. The van der Waals surface area contributed by atoms with Crippen LogP contribution in [0.15, 0.2) is 57.9 Å². The van der Waals surface area contributed by atoms with E-state index in [1.54, 1.807) is 31.2 Å². The SMILES string of the molecule is CCOC(=O)c1occ(C(=O)CCc2ccc(OC)c(Cl)c2F)c(=O)c1OCc1ccccc1. The smallest absolute Gasteiger partial charge is 0.378 e. The minimum absolute atomic E-state index is 0.0202. The van der Waals surface area contributed by atoms with Crippen LogP contribution in [-0.4, -0.2) is 25.5 Å². The maximum atomic E-state index is 14.4. The first kappa shape index (κ1) is 25.0. The molecule has 0 aliphatic heterocycles. The first-order chi connectivity index (χ1) is 16.4. The number of methoxy groups -OCH3 is 1. The molecule has 0 spiro atoms. The number of hydrogen-bond donors (Lipinski definition) is 0. The molecule has 0 unspecified atom stereocenters. The third-order valence-electron chi connectivity index (χ3n) is 4.91. The first-order valence-corrected chi connectivity index (χ1v) is 10.8. The molecule has 0 N–H and O–H groups in total. The molecular formula is C25H22ClFO7. The maximum Gasteiger partial charge on any atom is 0.378 e. The molecule has 2 aromatic carbocycles. The molecule has 7 nitrogen and oxygen atoms in total. The summed E-state index contributed by atoms with van der Waals surface area (Å²) < 4.78 is 35.2. The van der Waals surface area contributed by atoms with Gasteiger partial charge in [0.05, 0.1) is 13.7 Å². The van der Waals surface area contributed by atoms with Gasteiger partial charge in [-0.2, -0.15) is 0 Å². The lowest BCUT2D eigenvalue weighted by atomic mass is 10.0. The minimum atomic E-state index is -0.892. The highest BCUT2D eigenvalue weighted by atomic mass is 35.5. The highest BCUT2D eigenvalue weighted by Crippen LogP contribution is 2.30. The Hall–Kier alpha value is -3.65. The minimum Gasteiger partial charge on any atom is -0.495 e. The molecule has 0 radical (unpaired) electrons. The second-order valence-corrected chi connectivity index (χ2v) is 7.49. The molecule has 0 aliphatic rings. The van der Waals surface area contributed by atoms with Crippen molar-refractivity contribution in [2.24, 2.45) is 0 Å². The fraction of sp³-hybridized carbons (Fsp3) is 0.240. The molecule has 0 amide bonds. The van der Waals surface area contributed by atoms with Crippen molar-refractivity contribution in [3.8, 4) is 11.5 Å². The Morgan fingerprint density at radius 3 is 2.53 bits per heavy atom. The number of aryl methyl sites for hydroxylation is 1. The zero-order chi connectivity index (χ0) is 24.7. The van der Waals surface area contributed by atoms with E-state index in [4.69, 9.17) is 30.2 Å². The molecule has 178 valence electrons. The van der Waals surface area contributed by atoms with Crippen LogP contribution in [0.4, 0.5) is 4.39 Å². The standard InChI is InChI=1S/C25H22ClFO7/c1-3-32-25(30)24-23(33-13-15-7-5-4-6-8-15)22(29)17(14-34-24)18(28)11-9-16-10-12-19(31-2)20(26)21(16)27/h4-8,10,12,14H,3,9,11,13H2,1-2H3. The fourth-order valence-corrected chi connectivity index (χ4v) is 3.41. The van der Waals surface area contributed by atoms with Crippen LogP contribution in [0.5, 0.6) is 11.5 Å². The largest absolute Gasteiger partial charge is 0.495 e. The van der Waals surface area contributed by atoms with E-state index in [-0.39, 0.29) is 48.0 Å². The van der Waals surface area contributed by atoms with E-state index in [0.717, 1.165) is 11.8 Å². The predicted octanol–water partition coefficient (Wildman–Crippen LogP) is 5.01. The zero-order valence-corrected chi connectivity index (χ0v) is 19.3. The zero-order valence-electron chi connectivity index (χ0n) is 18.6. The normalized spacial score (nSPS) is 10.6. The molecule has 0 fully saturated rings. The number of carbonyl (C=O) groups is 2. The molecule has 0 bridgehead atoms. The van der Waals surface area contributed by atoms with Crippen molar-refractivity contribution in [1.29, 1.82) is 0 Å². The lowest BCUT2D eigenvalue weighted by Crippen LogP contribution is -2.21. The summed E-state index contributed by atoms with van der Waals surface area (Å²) in [5, 5.41) is -0.192. The monoisotopic (exact) mass is 488 g/mol. The van der Waals surface area contributed by atoms with E-state index >= 15 is 0 Å². The summed E-state index contributed by atoms with van der Waals surface area (Å²) >= 11 is 5.92. The van der Waals surface area contributed by atoms with Crippen molar-refractivity contribution in [1.82, 2.24) is 0 Å². The maximum absolute atomic E-state index is 14.4. The van der Waals surface area contributed by atoms with Crippen LogP contribution in [0.25, 0.3) is 0 Å². The van der Waals surface area contributed by atoms with E-state index in [9.17, 15) is 18.8 Å². The van der Waals surface area contributed by atoms with Gasteiger partial charge in [0, 0.05) is 6.42 Å². The second kappa shape index (κ2) is 11.5. The molecule has 1 aromatic heterocycles. The predicted molar refractivity (Wildman–Crippen MR) is 122 cm³/mol. The van der Waals surface area contributed by atoms with Crippen molar-refractivity contribution in [2.45, 2.75) is 26.4 Å². The van der Waals surface area contributed by atoms with Crippen LogP contribution < -0.4 is 14.9 Å². The van der Waals surface area contributed by atoms with Crippen molar-refractivity contribution >= 4 is 23.4 Å². The summed E-state index contributed by atoms with van der Waals surface area (Å²) in [6, 6.07) is 11.9. The Morgan fingerprint density at radius 1 is 1.12 bits per heavy atom. The number of esters is 1. The third-order valence-corrected chi connectivity index (χ3v) is 5.26. The van der Waals surface area contributed by atoms with Gasteiger partial charge in [-0.25, -0.2) is 9.18 Å². The molecule has 34 heavy (non-hydrogen) atoms. The summed E-state index contributed by atoms with van der Waals surface area (Å²) in [5.74, 6) is -2.90. The van der Waals surface area contributed by atoms with E-state index in [1.165, 1.54) is 19.2 Å². The average Bonchev–Trinajstić information content (AvgIpc) is 2.84. The number of ether oxygens (including phenoxy) is 3. The number of carbonyl (C=O) groups excluding carboxylic acids is 2. The lowest BCUT2D eigenvalue weighted by molar-refractivity contribution is 0.0477. The van der Waals surface area contributed by atoms with Crippen molar-refractivity contribution in [3.05, 3.63) is 92.2 Å². The fourth-order valence-electron chi connectivity index (χ4n) is 3.15. The number of hydrogen-bond acceptors (Lipinski definition) is 7. The number of rotatable bonds is 10. The van der Waals surface area contributed by atoms with Gasteiger partial charge in [0.25, 0.3) is 5.76 Å². The van der Waals surface area contributed by atoms with Gasteiger partial charge >= 0.3 is 5.97 Å². The molecule has 9 heteroatoms.